The van der Waals surface area contributed by atoms with Crippen molar-refractivity contribution in [3.8, 4) is 17.2 Å². The fourth-order valence-corrected chi connectivity index (χ4v) is 5.25. The Kier molecular flexibility index (Phi) is 4.90. The lowest BCUT2D eigenvalue weighted by molar-refractivity contribution is -0.116. The standard InChI is InChI=1S/C22H22N4O4S/c1-28-16-9-13(10-17(29-2)21(16)30-3)12-7-14-19(15(27)8-12)20(18-5-4-6-31-18)26-22(25-14)23-11-24-26/h4-6,9-12,20H,7-8H2,1-3H3,(H,23,24,25)/t12-,20+/m0/s1. The van der Waals surface area contributed by atoms with Crippen LogP contribution in [0.1, 0.15) is 35.2 Å². The van der Waals surface area contributed by atoms with Crippen LogP contribution in [0.15, 0.2) is 47.2 Å². The van der Waals surface area contributed by atoms with Crippen molar-refractivity contribution < 1.29 is 19.0 Å². The van der Waals surface area contributed by atoms with Crippen LogP contribution in [0, 0.1) is 0 Å². The normalized spacial score (nSPS) is 20.0. The topological polar surface area (TPSA) is 87.5 Å². The summed E-state index contributed by atoms with van der Waals surface area (Å²) in [4.78, 5) is 18.9. The molecule has 2 atom stereocenters. The highest BCUT2D eigenvalue weighted by atomic mass is 32.1. The van der Waals surface area contributed by atoms with E-state index in [9.17, 15) is 4.79 Å². The highest BCUT2D eigenvalue weighted by Gasteiger charge is 2.40. The number of hydrogen-bond acceptors (Lipinski definition) is 8. The summed E-state index contributed by atoms with van der Waals surface area (Å²) in [6.45, 7) is 0. The maximum atomic E-state index is 13.4. The molecular formula is C22H22N4O4S. The number of aromatic nitrogens is 3. The van der Waals surface area contributed by atoms with Gasteiger partial charge in [-0.25, -0.2) is 4.68 Å². The number of Topliss-reactive ketones (excluding diaryl/α,β-unsaturated/α-hetero) is 1. The minimum atomic E-state index is -0.248. The van der Waals surface area contributed by atoms with Gasteiger partial charge in [0.2, 0.25) is 11.7 Å². The van der Waals surface area contributed by atoms with Crippen LogP contribution in [-0.4, -0.2) is 41.9 Å². The molecule has 0 spiro atoms. The van der Waals surface area contributed by atoms with Gasteiger partial charge in [0.1, 0.15) is 12.4 Å². The Balaban J connectivity index is 1.56. The van der Waals surface area contributed by atoms with Gasteiger partial charge >= 0.3 is 0 Å². The van der Waals surface area contributed by atoms with Gasteiger partial charge in [-0.3, -0.25) is 4.79 Å². The molecule has 3 aromatic rings. The minimum absolute atomic E-state index is 0.0223. The number of methoxy groups -OCH3 is 3. The molecule has 2 aromatic heterocycles. The Morgan fingerprint density at radius 3 is 2.55 bits per heavy atom. The first-order chi connectivity index (χ1) is 15.1. The van der Waals surface area contributed by atoms with E-state index < -0.39 is 0 Å². The molecule has 1 aliphatic carbocycles. The van der Waals surface area contributed by atoms with Gasteiger partial charge < -0.3 is 19.5 Å². The number of allylic oxidation sites excluding steroid dienone is 2. The Bertz CT molecular complexity index is 1140. The Morgan fingerprint density at radius 1 is 1.13 bits per heavy atom. The van der Waals surface area contributed by atoms with Gasteiger partial charge in [-0.1, -0.05) is 6.07 Å². The van der Waals surface area contributed by atoms with Crippen LogP contribution in [0.4, 0.5) is 5.95 Å². The van der Waals surface area contributed by atoms with Crippen molar-refractivity contribution in [3.63, 3.8) is 0 Å². The molecule has 3 heterocycles. The monoisotopic (exact) mass is 438 g/mol. The second kappa shape index (κ2) is 7.73. The van der Waals surface area contributed by atoms with Crippen LogP contribution in [-0.2, 0) is 4.79 Å². The smallest absolute Gasteiger partial charge is 0.226 e. The van der Waals surface area contributed by atoms with Gasteiger partial charge in [-0.05, 0) is 41.5 Å². The molecule has 0 fully saturated rings. The Morgan fingerprint density at radius 2 is 1.90 bits per heavy atom. The lowest BCUT2D eigenvalue weighted by atomic mass is 9.78. The van der Waals surface area contributed by atoms with Gasteiger partial charge in [0, 0.05) is 22.6 Å². The fourth-order valence-electron chi connectivity index (χ4n) is 4.43. The van der Waals surface area contributed by atoms with Crippen LogP contribution in [0.25, 0.3) is 0 Å². The molecular weight excluding hydrogens is 416 g/mol. The number of rotatable bonds is 5. The number of benzene rings is 1. The third-order valence-corrected chi connectivity index (χ3v) is 6.76. The molecule has 1 N–H and O–H groups in total. The van der Waals surface area contributed by atoms with E-state index in [1.807, 2.05) is 29.6 Å². The number of nitrogens with one attached hydrogen (secondary N) is 1. The number of anilines is 1. The number of thiophene rings is 1. The zero-order valence-corrected chi connectivity index (χ0v) is 18.2. The Labute approximate surface area is 183 Å². The molecule has 5 rings (SSSR count). The molecule has 0 radical (unpaired) electrons. The van der Waals surface area contributed by atoms with Crippen molar-refractivity contribution >= 4 is 23.1 Å². The molecule has 0 saturated carbocycles. The van der Waals surface area contributed by atoms with E-state index in [2.05, 4.69) is 15.4 Å². The third-order valence-electron chi connectivity index (χ3n) is 5.83. The van der Waals surface area contributed by atoms with Crippen molar-refractivity contribution in [3.05, 3.63) is 57.7 Å². The lowest BCUT2D eigenvalue weighted by Crippen LogP contribution is -2.33. The molecule has 9 heteroatoms. The fraction of sp³-hybridized carbons (Fsp3) is 0.318. The summed E-state index contributed by atoms with van der Waals surface area (Å²) < 4.78 is 18.2. The number of hydrogen-bond donors (Lipinski definition) is 1. The predicted molar refractivity (Wildman–Crippen MR) is 116 cm³/mol. The average Bonchev–Trinajstić information content (AvgIpc) is 3.48. The summed E-state index contributed by atoms with van der Waals surface area (Å²) in [5.74, 6) is 2.43. The van der Waals surface area contributed by atoms with E-state index in [0.717, 1.165) is 21.7 Å². The molecule has 31 heavy (non-hydrogen) atoms. The second-order valence-electron chi connectivity index (χ2n) is 7.45. The molecule has 0 bridgehead atoms. The van der Waals surface area contributed by atoms with Crippen LogP contribution >= 0.6 is 11.3 Å². The van der Waals surface area contributed by atoms with Gasteiger partial charge in [0.25, 0.3) is 0 Å². The van der Waals surface area contributed by atoms with Gasteiger partial charge in [0.05, 0.1) is 21.3 Å². The highest BCUT2D eigenvalue weighted by Crippen LogP contribution is 2.47. The largest absolute Gasteiger partial charge is 0.493 e. The highest BCUT2D eigenvalue weighted by molar-refractivity contribution is 7.10. The average molecular weight is 439 g/mol. The number of nitrogens with zero attached hydrogens (tertiary/aromatic N) is 3. The summed E-state index contributed by atoms with van der Waals surface area (Å²) in [5, 5.41) is 9.74. The maximum absolute atomic E-state index is 13.4. The van der Waals surface area contributed by atoms with E-state index in [1.165, 1.54) is 6.33 Å². The van der Waals surface area contributed by atoms with Crippen LogP contribution in [0.3, 0.4) is 0 Å². The Hall–Kier alpha value is -3.33. The van der Waals surface area contributed by atoms with Gasteiger partial charge in [-0.2, -0.15) is 10.1 Å². The van der Waals surface area contributed by atoms with Crippen molar-refractivity contribution in [1.29, 1.82) is 0 Å². The van der Waals surface area contributed by atoms with Crippen molar-refractivity contribution in [2.45, 2.75) is 24.8 Å². The number of ketones is 1. The molecule has 0 saturated heterocycles. The molecule has 2 aliphatic rings. The molecule has 0 amide bonds. The first-order valence-corrected chi connectivity index (χ1v) is 10.8. The third kappa shape index (κ3) is 3.16. The van der Waals surface area contributed by atoms with Crippen LogP contribution in [0.2, 0.25) is 0 Å². The maximum Gasteiger partial charge on any atom is 0.226 e. The van der Waals surface area contributed by atoms with E-state index in [0.29, 0.717) is 36.0 Å². The summed E-state index contributed by atoms with van der Waals surface area (Å²) in [6, 6.07) is 7.63. The van der Waals surface area contributed by atoms with Crippen molar-refractivity contribution in [2.75, 3.05) is 26.6 Å². The van der Waals surface area contributed by atoms with Crippen LogP contribution < -0.4 is 19.5 Å². The summed E-state index contributed by atoms with van der Waals surface area (Å²) in [6.07, 6.45) is 2.59. The summed E-state index contributed by atoms with van der Waals surface area (Å²) >= 11 is 1.62. The number of ether oxygens (including phenoxy) is 3. The summed E-state index contributed by atoms with van der Waals surface area (Å²) in [7, 11) is 4.76. The minimum Gasteiger partial charge on any atom is -0.493 e. The van der Waals surface area contributed by atoms with E-state index >= 15 is 0 Å². The molecule has 0 unspecified atom stereocenters. The molecule has 1 aromatic carbocycles. The lowest BCUT2D eigenvalue weighted by Gasteiger charge is -2.34. The quantitative estimate of drug-likeness (QED) is 0.649. The zero-order valence-electron chi connectivity index (χ0n) is 17.4. The first-order valence-electron chi connectivity index (χ1n) is 9.90. The van der Waals surface area contributed by atoms with E-state index in [1.54, 1.807) is 37.3 Å². The molecule has 1 aliphatic heterocycles. The van der Waals surface area contributed by atoms with Gasteiger partial charge in [0.15, 0.2) is 17.3 Å². The van der Waals surface area contributed by atoms with Crippen LogP contribution in [0.5, 0.6) is 17.2 Å². The molecule has 8 nitrogen and oxygen atoms in total. The van der Waals surface area contributed by atoms with E-state index in [-0.39, 0.29) is 17.7 Å². The van der Waals surface area contributed by atoms with E-state index in [4.69, 9.17) is 14.2 Å². The summed E-state index contributed by atoms with van der Waals surface area (Å²) in [5.41, 5.74) is 2.63. The van der Waals surface area contributed by atoms with Crippen molar-refractivity contribution in [2.24, 2.45) is 0 Å². The molecule has 160 valence electrons. The zero-order chi connectivity index (χ0) is 21.5. The van der Waals surface area contributed by atoms with Crippen molar-refractivity contribution in [1.82, 2.24) is 14.8 Å². The first kappa shape index (κ1) is 19.6. The number of fused-ring (bicyclic) bond motifs is 1. The number of carbonyl (C=O) groups is 1. The SMILES string of the molecule is COc1cc([C@@H]2CC(=O)C3=C(C2)Nc2ncnn2[C@@H]3c2cccs2)cc(OC)c1OC. The number of carbonyl (C=O) groups excluding carboxylic acids is 1. The second-order valence-corrected chi connectivity index (χ2v) is 8.43. The predicted octanol–water partition coefficient (Wildman–Crippen LogP) is 3.78. The van der Waals surface area contributed by atoms with Gasteiger partial charge in [-0.15, -0.1) is 11.3 Å².